The number of pyridine rings is 1. The largest absolute Gasteiger partial charge is 0.369 e. The second kappa shape index (κ2) is 10.1. The number of piperazine rings is 1. The number of carbonyl (C=O) groups excluding carboxylic acids is 1. The van der Waals surface area contributed by atoms with Crippen molar-refractivity contribution >= 4 is 34.7 Å². The Labute approximate surface area is 197 Å². The van der Waals surface area contributed by atoms with Crippen LogP contribution in [-0.4, -0.2) is 57.3 Å². The first-order chi connectivity index (χ1) is 16.2. The van der Waals surface area contributed by atoms with Crippen LogP contribution < -0.4 is 10.2 Å². The van der Waals surface area contributed by atoms with Gasteiger partial charge in [0.2, 0.25) is 5.91 Å². The maximum absolute atomic E-state index is 12.4. The lowest BCUT2D eigenvalue weighted by molar-refractivity contribution is -0.113. The molecular weight excluding hydrogens is 432 g/mol. The van der Waals surface area contributed by atoms with Crippen molar-refractivity contribution in [1.82, 2.24) is 19.5 Å². The first-order valence-electron chi connectivity index (χ1n) is 11.1. The Morgan fingerprint density at radius 3 is 2.42 bits per heavy atom. The van der Waals surface area contributed by atoms with Gasteiger partial charge in [0.25, 0.3) is 0 Å². The Morgan fingerprint density at radius 2 is 1.64 bits per heavy atom. The number of fused-ring (bicyclic) bond motifs is 1. The first-order valence-corrected chi connectivity index (χ1v) is 12.1. The van der Waals surface area contributed by atoms with E-state index in [1.807, 2.05) is 40.9 Å². The number of thioether (sulfide) groups is 1. The van der Waals surface area contributed by atoms with Crippen molar-refractivity contribution in [3.05, 3.63) is 84.6 Å². The number of benzene rings is 2. The maximum atomic E-state index is 12.4. The van der Waals surface area contributed by atoms with Gasteiger partial charge in [-0.05, 0) is 42.0 Å². The summed E-state index contributed by atoms with van der Waals surface area (Å²) in [5.41, 5.74) is 4.13. The van der Waals surface area contributed by atoms with Crippen LogP contribution in [0.1, 0.15) is 5.56 Å². The molecule has 0 aliphatic carbocycles. The fourth-order valence-corrected chi connectivity index (χ4v) is 4.73. The molecule has 8 heteroatoms. The molecule has 0 bridgehead atoms. The molecule has 0 unspecified atom stereocenters. The Hall–Kier alpha value is -3.36. The van der Waals surface area contributed by atoms with Crippen LogP contribution in [0.4, 0.5) is 11.4 Å². The van der Waals surface area contributed by atoms with Crippen molar-refractivity contribution in [2.45, 2.75) is 11.7 Å². The summed E-state index contributed by atoms with van der Waals surface area (Å²) in [7, 11) is 0. The average Bonchev–Trinajstić information content (AvgIpc) is 3.28. The molecule has 1 N–H and O–H groups in total. The molecule has 0 spiro atoms. The molecule has 3 heterocycles. The number of hydrogen-bond acceptors (Lipinski definition) is 6. The number of carbonyl (C=O) groups is 1. The molecule has 0 radical (unpaired) electrons. The monoisotopic (exact) mass is 458 g/mol. The Balaban J connectivity index is 1.10. The normalized spacial score (nSPS) is 14.5. The van der Waals surface area contributed by atoms with Crippen LogP contribution in [0.2, 0.25) is 0 Å². The lowest BCUT2D eigenvalue weighted by Gasteiger charge is -2.36. The number of hydrogen-bond donors (Lipinski definition) is 1. The fraction of sp³-hybridized carbons (Fsp3) is 0.240. The van der Waals surface area contributed by atoms with E-state index < -0.39 is 0 Å². The molecule has 1 saturated heterocycles. The van der Waals surface area contributed by atoms with E-state index >= 15 is 0 Å². The molecule has 4 aromatic rings. The molecule has 1 amide bonds. The maximum Gasteiger partial charge on any atom is 0.234 e. The van der Waals surface area contributed by atoms with Gasteiger partial charge < -0.3 is 10.2 Å². The highest BCUT2D eigenvalue weighted by Gasteiger charge is 2.17. The van der Waals surface area contributed by atoms with E-state index in [0.717, 1.165) is 44.1 Å². The molecule has 168 valence electrons. The third kappa shape index (κ3) is 5.35. The quantitative estimate of drug-likeness (QED) is 0.425. The predicted octanol–water partition coefficient (Wildman–Crippen LogP) is 3.78. The highest BCUT2D eigenvalue weighted by atomic mass is 32.2. The zero-order valence-corrected chi connectivity index (χ0v) is 19.1. The minimum Gasteiger partial charge on any atom is -0.369 e. The van der Waals surface area contributed by atoms with E-state index in [9.17, 15) is 4.79 Å². The van der Waals surface area contributed by atoms with E-state index in [0.29, 0.717) is 5.16 Å². The average molecular weight is 459 g/mol. The molecular formula is C25H26N6OS. The molecule has 33 heavy (non-hydrogen) atoms. The van der Waals surface area contributed by atoms with Crippen molar-refractivity contribution in [2.75, 3.05) is 42.1 Å². The van der Waals surface area contributed by atoms with Crippen LogP contribution in [0.3, 0.4) is 0 Å². The smallest absolute Gasteiger partial charge is 0.234 e. The minimum absolute atomic E-state index is 0.0602. The van der Waals surface area contributed by atoms with Gasteiger partial charge in [0.1, 0.15) is 0 Å². The van der Waals surface area contributed by atoms with Crippen molar-refractivity contribution in [3.8, 4) is 0 Å². The van der Waals surface area contributed by atoms with Crippen molar-refractivity contribution in [3.63, 3.8) is 0 Å². The van der Waals surface area contributed by atoms with Crippen molar-refractivity contribution in [1.29, 1.82) is 0 Å². The minimum atomic E-state index is -0.0602. The Bertz CT molecular complexity index is 1200. The lowest BCUT2D eigenvalue weighted by Crippen LogP contribution is -2.45. The van der Waals surface area contributed by atoms with Crippen LogP contribution in [0.25, 0.3) is 5.65 Å². The third-order valence-electron chi connectivity index (χ3n) is 5.75. The van der Waals surface area contributed by atoms with Gasteiger partial charge in [0, 0.05) is 50.3 Å². The Kier molecular flexibility index (Phi) is 6.55. The van der Waals surface area contributed by atoms with Gasteiger partial charge in [-0.25, -0.2) is 0 Å². The number of amides is 1. The summed E-state index contributed by atoms with van der Waals surface area (Å²) >= 11 is 1.37. The topological polar surface area (TPSA) is 65.8 Å². The van der Waals surface area contributed by atoms with Crippen LogP contribution in [0.15, 0.2) is 84.1 Å². The molecule has 1 fully saturated rings. The number of nitrogens with zero attached hydrogens (tertiary/aromatic N) is 5. The summed E-state index contributed by atoms with van der Waals surface area (Å²) in [6, 6.07) is 24.5. The molecule has 5 rings (SSSR count). The number of nitrogens with one attached hydrogen (secondary N) is 1. The van der Waals surface area contributed by atoms with Gasteiger partial charge in [0.15, 0.2) is 10.8 Å². The van der Waals surface area contributed by atoms with Gasteiger partial charge in [-0.3, -0.25) is 14.1 Å². The molecule has 2 aromatic carbocycles. The van der Waals surface area contributed by atoms with Gasteiger partial charge in [-0.1, -0.05) is 48.2 Å². The van der Waals surface area contributed by atoms with Gasteiger partial charge in [-0.2, -0.15) is 0 Å². The van der Waals surface area contributed by atoms with Crippen molar-refractivity contribution in [2.24, 2.45) is 0 Å². The highest BCUT2D eigenvalue weighted by Crippen LogP contribution is 2.21. The SMILES string of the molecule is O=C(CSc1nnc2ccccn12)Nc1ccc(N2CCN(Cc3ccccc3)CC2)cc1. The number of anilines is 2. The number of rotatable bonds is 7. The number of aromatic nitrogens is 3. The second-order valence-corrected chi connectivity index (χ2v) is 8.99. The van der Waals surface area contributed by atoms with Gasteiger partial charge in [0.05, 0.1) is 5.75 Å². The molecule has 1 aliphatic rings. The van der Waals surface area contributed by atoms with Crippen LogP contribution in [0.5, 0.6) is 0 Å². The lowest BCUT2D eigenvalue weighted by atomic mass is 10.2. The summed E-state index contributed by atoms with van der Waals surface area (Å²) in [6.45, 7) is 5.09. The zero-order valence-electron chi connectivity index (χ0n) is 18.3. The van der Waals surface area contributed by atoms with E-state index in [2.05, 4.69) is 67.8 Å². The molecule has 1 aliphatic heterocycles. The summed E-state index contributed by atoms with van der Waals surface area (Å²) < 4.78 is 1.88. The third-order valence-corrected chi connectivity index (χ3v) is 6.70. The summed E-state index contributed by atoms with van der Waals surface area (Å²) in [5.74, 6) is 0.218. The van der Waals surface area contributed by atoms with Gasteiger partial charge in [-0.15, -0.1) is 10.2 Å². The Morgan fingerprint density at radius 1 is 0.879 bits per heavy atom. The second-order valence-electron chi connectivity index (χ2n) is 8.04. The zero-order chi connectivity index (χ0) is 22.5. The summed E-state index contributed by atoms with van der Waals surface area (Å²) in [4.78, 5) is 17.3. The molecule has 0 atom stereocenters. The highest BCUT2D eigenvalue weighted by molar-refractivity contribution is 7.99. The predicted molar refractivity (Wildman–Crippen MR) is 133 cm³/mol. The molecule has 0 saturated carbocycles. The van der Waals surface area contributed by atoms with Crippen LogP contribution in [-0.2, 0) is 11.3 Å². The summed E-state index contributed by atoms with van der Waals surface area (Å²) in [6.07, 6.45) is 1.90. The van der Waals surface area contributed by atoms with E-state index in [1.54, 1.807) is 0 Å². The molecule has 7 nitrogen and oxygen atoms in total. The van der Waals surface area contributed by atoms with Crippen LogP contribution >= 0.6 is 11.8 Å². The molecule has 2 aromatic heterocycles. The van der Waals surface area contributed by atoms with E-state index in [4.69, 9.17) is 0 Å². The first kappa shape index (κ1) is 21.5. The fourth-order valence-electron chi connectivity index (χ4n) is 4.01. The summed E-state index contributed by atoms with van der Waals surface area (Å²) in [5, 5.41) is 11.9. The van der Waals surface area contributed by atoms with Crippen LogP contribution in [0, 0.1) is 0 Å². The van der Waals surface area contributed by atoms with E-state index in [-0.39, 0.29) is 11.7 Å². The van der Waals surface area contributed by atoms with Gasteiger partial charge >= 0.3 is 0 Å². The van der Waals surface area contributed by atoms with Crippen molar-refractivity contribution < 1.29 is 4.79 Å². The standard InChI is InChI=1S/C25H26N6OS/c32-24(19-33-25-28-27-23-8-4-5-13-31(23)25)26-21-9-11-22(12-10-21)30-16-14-29(15-17-30)18-20-6-2-1-3-7-20/h1-13H,14-19H2,(H,26,32). The van der Waals surface area contributed by atoms with E-state index in [1.165, 1.54) is 23.0 Å².